The number of hydrogen-bond acceptors (Lipinski definition) is 4. The lowest BCUT2D eigenvalue weighted by Crippen LogP contribution is -2.65. The Balaban J connectivity index is 4.96. The lowest BCUT2D eigenvalue weighted by atomic mass is 9.94. The van der Waals surface area contributed by atoms with E-state index in [0.29, 0.717) is 0 Å². The quantitative estimate of drug-likeness (QED) is 0.486. The highest BCUT2D eigenvalue weighted by atomic mass is 16.4. The van der Waals surface area contributed by atoms with Crippen LogP contribution >= 0.6 is 0 Å². The van der Waals surface area contributed by atoms with Crippen LogP contribution in [0.5, 0.6) is 0 Å². The molecule has 0 fully saturated rings. The fourth-order valence-electron chi connectivity index (χ4n) is 1.64. The molecule has 0 aromatic heterocycles. The van der Waals surface area contributed by atoms with Crippen molar-refractivity contribution in [3.63, 3.8) is 0 Å². The van der Waals surface area contributed by atoms with E-state index in [2.05, 4.69) is 5.32 Å². The maximum atomic E-state index is 11.2. The number of carboxylic acids is 2. The second-order valence-corrected chi connectivity index (χ2v) is 5.08. The fraction of sp³-hybridized carbons (Fsp3) is 0.818. The van der Waals surface area contributed by atoms with Gasteiger partial charge in [-0.25, -0.2) is 4.79 Å². The first-order valence-electron chi connectivity index (χ1n) is 5.63. The van der Waals surface area contributed by atoms with Gasteiger partial charge in [-0.1, -0.05) is 27.7 Å². The van der Waals surface area contributed by atoms with E-state index >= 15 is 0 Å². The van der Waals surface area contributed by atoms with E-state index in [1.54, 1.807) is 13.8 Å². The molecular formula is C11H22N2O4. The van der Waals surface area contributed by atoms with Gasteiger partial charge in [0, 0.05) is 0 Å². The third kappa shape index (κ3) is 4.70. The number of carboxylic acid groups (broad SMARTS) is 2. The highest BCUT2D eigenvalue weighted by Gasteiger charge is 2.39. The number of nitrogens with two attached hydrogens (primary N) is 1. The highest BCUT2D eigenvalue weighted by Crippen LogP contribution is 2.15. The van der Waals surface area contributed by atoms with Crippen LogP contribution in [-0.4, -0.2) is 33.9 Å². The highest BCUT2D eigenvalue weighted by molar-refractivity contribution is 5.80. The summed E-state index contributed by atoms with van der Waals surface area (Å²) in [5.41, 5.74) is 4.04. The molecule has 6 heteroatoms. The Morgan fingerprint density at radius 2 is 1.71 bits per heavy atom. The topological polar surface area (TPSA) is 113 Å². The molecule has 2 atom stereocenters. The molecule has 0 bridgehead atoms. The van der Waals surface area contributed by atoms with Crippen molar-refractivity contribution in [2.45, 2.75) is 45.8 Å². The number of hydrogen-bond donors (Lipinski definition) is 4. The molecule has 5 N–H and O–H groups in total. The van der Waals surface area contributed by atoms with Gasteiger partial charge in [-0.15, -0.1) is 0 Å². The van der Waals surface area contributed by atoms with Crippen molar-refractivity contribution in [3.05, 3.63) is 0 Å². The number of nitrogens with one attached hydrogen (secondary N) is 1. The minimum atomic E-state index is -1.71. The normalized spacial score (nSPS) is 16.9. The van der Waals surface area contributed by atoms with Gasteiger partial charge in [0.25, 0.3) is 0 Å². The molecule has 100 valence electrons. The molecule has 6 nitrogen and oxygen atoms in total. The zero-order chi connectivity index (χ0) is 13.8. The van der Waals surface area contributed by atoms with Crippen LogP contribution in [0.15, 0.2) is 0 Å². The smallest absolute Gasteiger partial charge is 0.338 e. The average Bonchev–Trinajstić information content (AvgIpc) is 2.11. The SMILES string of the molecule is CC(C)C[C@](N)(N[C@@H](C(=O)O)C(C)C)C(=O)O. The van der Waals surface area contributed by atoms with Crippen LogP contribution < -0.4 is 11.1 Å². The van der Waals surface area contributed by atoms with Gasteiger partial charge in [0.15, 0.2) is 5.66 Å². The third-order valence-corrected chi connectivity index (χ3v) is 2.46. The van der Waals surface area contributed by atoms with Gasteiger partial charge in [-0.05, 0) is 18.3 Å². The molecule has 0 aliphatic carbocycles. The molecule has 0 heterocycles. The van der Waals surface area contributed by atoms with E-state index in [-0.39, 0.29) is 18.3 Å². The Labute approximate surface area is 101 Å². The Morgan fingerprint density at radius 1 is 1.24 bits per heavy atom. The van der Waals surface area contributed by atoms with Gasteiger partial charge in [0.05, 0.1) is 0 Å². The second-order valence-electron chi connectivity index (χ2n) is 5.08. The summed E-state index contributed by atoms with van der Waals surface area (Å²) in [5.74, 6) is -2.54. The van der Waals surface area contributed by atoms with E-state index in [9.17, 15) is 9.59 Å². The van der Waals surface area contributed by atoms with Crippen LogP contribution in [0.3, 0.4) is 0 Å². The first-order valence-corrected chi connectivity index (χ1v) is 5.63. The standard InChI is InChI=1S/C11H22N2O4/c1-6(2)5-11(12,10(16)17)13-8(7(3)4)9(14)15/h6-8,13H,5,12H2,1-4H3,(H,14,15)(H,16,17)/t8-,11+/m1/s1. The molecule has 0 aliphatic rings. The Hall–Kier alpha value is -1.14. The molecule has 0 unspecified atom stereocenters. The molecule has 0 radical (unpaired) electrons. The van der Waals surface area contributed by atoms with Crippen molar-refractivity contribution in [3.8, 4) is 0 Å². The zero-order valence-electron chi connectivity index (χ0n) is 10.7. The van der Waals surface area contributed by atoms with Crippen molar-refractivity contribution in [1.29, 1.82) is 0 Å². The molecule has 0 aromatic rings. The maximum Gasteiger partial charge on any atom is 0.338 e. The largest absolute Gasteiger partial charge is 0.480 e. The summed E-state index contributed by atoms with van der Waals surface area (Å²) < 4.78 is 0. The van der Waals surface area contributed by atoms with Crippen molar-refractivity contribution < 1.29 is 19.8 Å². The van der Waals surface area contributed by atoms with Gasteiger partial charge in [-0.2, -0.15) is 0 Å². The number of aliphatic carboxylic acids is 2. The minimum absolute atomic E-state index is 0.0465. The van der Waals surface area contributed by atoms with Crippen molar-refractivity contribution in [2.24, 2.45) is 17.6 Å². The van der Waals surface area contributed by atoms with E-state index < -0.39 is 23.6 Å². The Bertz CT molecular complexity index is 291. The second kappa shape index (κ2) is 5.97. The molecule has 0 rings (SSSR count). The van der Waals surface area contributed by atoms with Crippen molar-refractivity contribution in [1.82, 2.24) is 5.32 Å². The molecule has 0 saturated carbocycles. The monoisotopic (exact) mass is 246 g/mol. The molecule has 0 amide bonds. The lowest BCUT2D eigenvalue weighted by molar-refractivity contribution is -0.148. The molecule has 0 saturated heterocycles. The summed E-state index contributed by atoms with van der Waals surface area (Å²) in [7, 11) is 0. The van der Waals surface area contributed by atoms with Crippen LogP contribution in [0, 0.1) is 11.8 Å². The summed E-state index contributed by atoms with van der Waals surface area (Å²) in [6, 6.07) is -0.977. The maximum absolute atomic E-state index is 11.2. The van der Waals surface area contributed by atoms with E-state index in [0.717, 1.165) is 0 Å². The summed E-state index contributed by atoms with van der Waals surface area (Å²) >= 11 is 0. The van der Waals surface area contributed by atoms with E-state index in [1.165, 1.54) is 0 Å². The lowest BCUT2D eigenvalue weighted by Gasteiger charge is -2.32. The predicted octanol–water partition coefficient (Wildman–Crippen LogP) is 0.471. The summed E-state index contributed by atoms with van der Waals surface area (Å²) in [4.78, 5) is 22.2. The summed E-state index contributed by atoms with van der Waals surface area (Å²) in [5, 5.41) is 20.7. The fourth-order valence-corrected chi connectivity index (χ4v) is 1.64. The first kappa shape index (κ1) is 15.9. The van der Waals surface area contributed by atoms with Crippen LogP contribution in [-0.2, 0) is 9.59 Å². The van der Waals surface area contributed by atoms with Crippen LogP contribution in [0.1, 0.15) is 34.1 Å². The van der Waals surface area contributed by atoms with Gasteiger partial charge in [0.1, 0.15) is 6.04 Å². The molecule has 0 aliphatic heterocycles. The van der Waals surface area contributed by atoms with Gasteiger partial charge >= 0.3 is 11.9 Å². The molecule has 17 heavy (non-hydrogen) atoms. The summed E-state index contributed by atoms with van der Waals surface area (Å²) in [6.07, 6.45) is 0.166. The van der Waals surface area contributed by atoms with E-state index in [4.69, 9.17) is 15.9 Å². The Morgan fingerprint density at radius 3 is 1.94 bits per heavy atom. The third-order valence-electron chi connectivity index (χ3n) is 2.46. The molecule has 0 aromatic carbocycles. The molecular weight excluding hydrogens is 224 g/mol. The number of carbonyl (C=O) groups is 2. The number of rotatable bonds is 7. The predicted molar refractivity (Wildman–Crippen MR) is 63.4 cm³/mol. The van der Waals surface area contributed by atoms with E-state index in [1.807, 2.05) is 13.8 Å². The van der Waals surface area contributed by atoms with Crippen molar-refractivity contribution in [2.75, 3.05) is 0 Å². The molecule has 0 spiro atoms. The van der Waals surface area contributed by atoms with Gasteiger partial charge in [0.2, 0.25) is 0 Å². The van der Waals surface area contributed by atoms with Crippen LogP contribution in [0.2, 0.25) is 0 Å². The van der Waals surface area contributed by atoms with Crippen molar-refractivity contribution >= 4 is 11.9 Å². The van der Waals surface area contributed by atoms with Gasteiger partial charge < -0.3 is 15.9 Å². The average molecular weight is 246 g/mol. The first-order chi connectivity index (χ1) is 7.60. The van der Waals surface area contributed by atoms with Crippen LogP contribution in [0.4, 0.5) is 0 Å². The van der Waals surface area contributed by atoms with Crippen LogP contribution in [0.25, 0.3) is 0 Å². The summed E-state index contributed by atoms with van der Waals surface area (Å²) in [6.45, 7) is 7.06. The minimum Gasteiger partial charge on any atom is -0.480 e. The Kier molecular flexibility index (Phi) is 5.57. The van der Waals surface area contributed by atoms with Gasteiger partial charge in [-0.3, -0.25) is 10.1 Å². The zero-order valence-corrected chi connectivity index (χ0v) is 10.7.